The van der Waals surface area contributed by atoms with Crippen molar-refractivity contribution in [3.63, 3.8) is 0 Å². The zero-order valence-electron chi connectivity index (χ0n) is 16.3. The fourth-order valence-corrected chi connectivity index (χ4v) is 4.04. The highest BCUT2D eigenvalue weighted by molar-refractivity contribution is 5.83. The summed E-state index contributed by atoms with van der Waals surface area (Å²) >= 11 is 0. The van der Waals surface area contributed by atoms with E-state index in [2.05, 4.69) is 0 Å². The van der Waals surface area contributed by atoms with Crippen molar-refractivity contribution >= 4 is 11.8 Å². The van der Waals surface area contributed by atoms with E-state index < -0.39 is 5.41 Å². The molecule has 1 aliphatic rings. The van der Waals surface area contributed by atoms with E-state index in [0.717, 1.165) is 24.0 Å². The average Bonchev–Trinajstić information content (AvgIpc) is 2.69. The summed E-state index contributed by atoms with van der Waals surface area (Å²) in [7, 11) is 0. The van der Waals surface area contributed by atoms with E-state index >= 15 is 0 Å². The number of halogens is 1. The van der Waals surface area contributed by atoms with E-state index in [1.807, 2.05) is 31.2 Å². The number of rotatable bonds is 6. The number of piperidine rings is 1. The molecular weight excluding hydrogens is 355 g/mol. The molecule has 0 bridgehead atoms. The van der Waals surface area contributed by atoms with Gasteiger partial charge in [-0.2, -0.15) is 0 Å². The third kappa shape index (κ3) is 4.24. The maximum atomic E-state index is 14.0. The average molecular weight is 382 g/mol. The highest BCUT2D eigenvalue weighted by atomic mass is 19.1. The van der Waals surface area contributed by atoms with Crippen LogP contribution in [0.4, 0.5) is 4.39 Å². The van der Waals surface area contributed by atoms with Gasteiger partial charge in [-0.05, 0) is 42.9 Å². The summed E-state index contributed by atoms with van der Waals surface area (Å²) in [4.78, 5) is 26.5. The van der Waals surface area contributed by atoms with Gasteiger partial charge in [-0.25, -0.2) is 4.39 Å². The Balaban J connectivity index is 1.80. The molecule has 1 heterocycles. The molecule has 0 radical (unpaired) electrons. The Bertz CT molecular complexity index is 850. The van der Waals surface area contributed by atoms with Crippen LogP contribution < -0.4 is 5.73 Å². The molecule has 2 aromatic carbocycles. The number of likely N-dealkylation sites (tertiary alicyclic amines) is 1. The first-order chi connectivity index (χ1) is 13.4. The number of primary amides is 1. The maximum Gasteiger partial charge on any atom is 0.225 e. The second kappa shape index (κ2) is 8.55. The van der Waals surface area contributed by atoms with Gasteiger partial charge in [-0.1, -0.05) is 49.4 Å². The predicted molar refractivity (Wildman–Crippen MR) is 108 cm³/mol. The molecule has 4 nitrogen and oxygen atoms in total. The number of carbonyl (C=O) groups is 2. The SMILES string of the molecule is CCCC(=O)N1CCC[C@](Cc2ccc(-c3ccccc3F)cc2)(C(N)=O)C1. The van der Waals surface area contributed by atoms with Crippen LogP contribution in [0.2, 0.25) is 0 Å². The van der Waals surface area contributed by atoms with Gasteiger partial charge in [-0.3, -0.25) is 9.59 Å². The molecular formula is C23H27FN2O2. The Hall–Kier alpha value is -2.69. The standard InChI is InChI=1S/C23H27FN2O2/c1-2-6-21(27)26-14-5-13-23(16-26,22(25)28)15-17-9-11-18(12-10-17)19-7-3-4-8-20(19)24/h3-4,7-12H,2,5-6,13-16H2,1H3,(H2,25,28)/t23-/m1/s1. The number of hydrogen-bond donors (Lipinski definition) is 1. The summed E-state index contributed by atoms with van der Waals surface area (Å²) < 4.78 is 14.0. The Morgan fingerprint density at radius 3 is 2.50 bits per heavy atom. The van der Waals surface area contributed by atoms with Crippen molar-refractivity contribution in [1.29, 1.82) is 0 Å². The fraction of sp³-hybridized carbons (Fsp3) is 0.391. The predicted octanol–water partition coefficient (Wildman–Crippen LogP) is 3.93. The van der Waals surface area contributed by atoms with Gasteiger partial charge < -0.3 is 10.6 Å². The first kappa shape index (κ1) is 20.1. The fourth-order valence-electron chi connectivity index (χ4n) is 4.04. The molecule has 2 N–H and O–H groups in total. The van der Waals surface area contributed by atoms with E-state index in [1.165, 1.54) is 6.07 Å². The molecule has 1 atom stereocenters. The topological polar surface area (TPSA) is 63.4 Å². The van der Waals surface area contributed by atoms with Crippen molar-refractivity contribution in [2.45, 2.75) is 39.0 Å². The van der Waals surface area contributed by atoms with E-state index in [-0.39, 0.29) is 17.6 Å². The summed E-state index contributed by atoms with van der Waals surface area (Å²) in [6, 6.07) is 14.2. The van der Waals surface area contributed by atoms with Gasteiger partial charge in [0.1, 0.15) is 5.82 Å². The van der Waals surface area contributed by atoms with E-state index in [4.69, 9.17) is 5.73 Å². The van der Waals surface area contributed by atoms with Gasteiger partial charge in [0, 0.05) is 25.1 Å². The molecule has 1 fully saturated rings. The molecule has 2 aromatic rings. The van der Waals surface area contributed by atoms with Crippen molar-refractivity contribution in [2.75, 3.05) is 13.1 Å². The minimum Gasteiger partial charge on any atom is -0.369 e. The zero-order chi connectivity index (χ0) is 20.1. The number of amides is 2. The van der Waals surface area contributed by atoms with E-state index in [9.17, 15) is 14.0 Å². The molecule has 0 spiro atoms. The van der Waals surface area contributed by atoms with Crippen LogP contribution in [0.3, 0.4) is 0 Å². The van der Waals surface area contributed by atoms with Crippen LogP contribution in [0.1, 0.15) is 38.2 Å². The second-order valence-corrected chi connectivity index (χ2v) is 7.67. The summed E-state index contributed by atoms with van der Waals surface area (Å²) in [5, 5.41) is 0. The summed E-state index contributed by atoms with van der Waals surface area (Å²) in [6.45, 7) is 3.02. The van der Waals surface area contributed by atoms with Crippen molar-refractivity contribution < 1.29 is 14.0 Å². The number of nitrogens with two attached hydrogens (primary N) is 1. The van der Waals surface area contributed by atoms with Crippen molar-refractivity contribution in [2.24, 2.45) is 11.1 Å². The molecule has 148 valence electrons. The Morgan fingerprint density at radius 2 is 1.86 bits per heavy atom. The van der Waals surface area contributed by atoms with Gasteiger partial charge in [0.25, 0.3) is 0 Å². The molecule has 0 aliphatic carbocycles. The molecule has 5 heteroatoms. The third-order valence-electron chi connectivity index (χ3n) is 5.60. The lowest BCUT2D eigenvalue weighted by Gasteiger charge is -2.41. The van der Waals surface area contributed by atoms with Crippen LogP contribution in [0, 0.1) is 11.2 Å². The van der Waals surface area contributed by atoms with Crippen molar-refractivity contribution in [3.8, 4) is 11.1 Å². The quantitative estimate of drug-likeness (QED) is 0.823. The number of carbonyl (C=O) groups excluding carboxylic acids is 2. The Labute approximate surface area is 165 Å². The Morgan fingerprint density at radius 1 is 1.14 bits per heavy atom. The molecule has 0 saturated carbocycles. The third-order valence-corrected chi connectivity index (χ3v) is 5.60. The lowest BCUT2D eigenvalue weighted by molar-refractivity contribution is -0.140. The lowest BCUT2D eigenvalue weighted by Crippen LogP contribution is -2.53. The van der Waals surface area contributed by atoms with Gasteiger partial charge in [0.15, 0.2) is 0 Å². The van der Waals surface area contributed by atoms with Crippen LogP contribution in [0.25, 0.3) is 11.1 Å². The minimum atomic E-state index is -0.749. The molecule has 2 amide bonds. The highest BCUT2D eigenvalue weighted by Gasteiger charge is 2.42. The summed E-state index contributed by atoms with van der Waals surface area (Å²) in [5.74, 6) is -0.538. The van der Waals surface area contributed by atoms with Gasteiger partial charge in [-0.15, -0.1) is 0 Å². The summed E-state index contributed by atoms with van der Waals surface area (Å²) in [6.07, 6.45) is 3.21. The van der Waals surface area contributed by atoms with E-state index in [0.29, 0.717) is 37.9 Å². The number of benzene rings is 2. The van der Waals surface area contributed by atoms with Crippen LogP contribution in [0.15, 0.2) is 48.5 Å². The second-order valence-electron chi connectivity index (χ2n) is 7.67. The van der Waals surface area contributed by atoms with Gasteiger partial charge >= 0.3 is 0 Å². The lowest BCUT2D eigenvalue weighted by atomic mass is 9.74. The number of hydrogen-bond acceptors (Lipinski definition) is 2. The van der Waals surface area contributed by atoms with E-state index in [1.54, 1.807) is 23.1 Å². The van der Waals surface area contributed by atoms with Crippen LogP contribution in [-0.4, -0.2) is 29.8 Å². The van der Waals surface area contributed by atoms with Crippen molar-refractivity contribution in [1.82, 2.24) is 4.90 Å². The normalized spacial score (nSPS) is 19.4. The Kier molecular flexibility index (Phi) is 6.12. The molecule has 0 unspecified atom stereocenters. The maximum absolute atomic E-state index is 14.0. The minimum absolute atomic E-state index is 0.0859. The highest BCUT2D eigenvalue weighted by Crippen LogP contribution is 2.34. The smallest absolute Gasteiger partial charge is 0.225 e. The molecule has 28 heavy (non-hydrogen) atoms. The monoisotopic (exact) mass is 382 g/mol. The molecule has 3 rings (SSSR count). The largest absolute Gasteiger partial charge is 0.369 e. The van der Waals surface area contributed by atoms with Crippen LogP contribution in [0.5, 0.6) is 0 Å². The van der Waals surface area contributed by atoms with Gasteiger partial charge in [0.2, 0.25) is 11.8 Å². The number of nitrogens with zero attached hydrogens (tertiary/aromatic N) is 1. The first-order valence-corrected chi connectivity index (χ1v) is 9.87. The summed E-state index contributed by atoms with van der Waals surface area (Å²) in [5.41, 5.74) is 7.35. The first-order valence-electron chi connectivity index (χ1n) is 9.87. The van der Waals surface area contributed by atoms with Gasteiger partial charge in [0.05, 0.1) is 5.41 Å². The zero-order valence-corrected chi connectivity index (χ0v) is 16.3. The van der Waals surface area contributed by atoms with Crippen LogP contribution in [-0.2, 0) is 16.0 Å². The van der Waals surface area contributed by atoms with Crippen molar-refractivity contribution in [3.05, 3.63) is 59.9 Å². The van der Waals surface area contributed by atoms with Crippen LogP contribution >= 0.6 is 0 Å². The molecule has 1 saturated heterocycles. The molecule has 0 aromatic heterocycles. The molecule has 1 aliphatic heterocycles.